The van der Waals surface area contributed by atoms with Gasteiger partial charge in [0.15, 0.2) is 5.69 Å². The Morgan fingerprint density at radius 3 is 2.83 bits per heavy atom. The quantitative estimate of drug-likeness (QED) is 0.891. The van der Waals surface area contributed by atoms with Crippen molar-refractivity contribution in [2.75, 3.05) is 0 Å². The molecule has 5 heteroatoms. The minimum absolute atomic E-state index is 0.0303. The number of aromatic carboxylic acids is 1. The number of hydrogen-bond acceptors (Lipinski definition) is 4. The molecular formula is C13H18N2O3. The Labute approximate surface area is 106 Å². The summed E-state index contributed by atoms with van der Waals surface area (Å²) in [5.74, 6) is 0.274. The van der Waals surface area contributed by atoms with Gasteiger partial charge in [0, 0.05) is 6.20 Å². The van der Waals surface area contributed by atoms with Gasteiger partial charge in [-0.3, -0.25) is 0 Å². The van der Waals surface area contributed by atoms with Crippen LogP contribution in [0.5, 0.6) is 6.01 Å². The molecule has 0 spiro atoms. The first kappa shape index (κ1) is 12.8. The molecule has 3 atom stereocenters. The normalized spacial score (nSPS) is 27.8. The van der Waals surface area contributed by atoms with Crippen LogP contribution in [0.4, 0.5) is 0 Å². The largest absolute Gasteiger partial charge is 0.477 e. The molecule has 1 saturated carbocycles. The summed E-state index contributed by atoms with van der Waals surface area (Å²) < 4.78 is 5.68. The summed E-state index contributed by atoms with van der Waals surface area (Å²) in [6.07, 6.45) is 4.60. The van der Waals surface area contributed by atoms with Crippen LogP contribution < -0.4 is 4.74 Å². The minimum atomic E-state index is -1.06. The second-order valence-corrected chi connectivity index (χ2v) is 5.04. The molecule has 0 amide bonds. The molecule has 1 aliphatic rings. The van der Waals surface area contributed by atoms with Crippen molar-refractivity contribution in [2.24, 2.45) is 11.8 Å². The molecular weight excluding hydrogens is 232 g/mol. The zero-order valence-electron chi connectivity index (χ0n) is 10.7. The standard InChI is InChI=1S/C13H18N2O3/c1-8-3-4-10(7-9(8)2)18-13-14-6-5-11(15-13)12(16)17/h5-6,8-10H,3-4,7H2,1-2H3,(H,16,17). The van der Waals surface area contributed by atoms with Gasteiger partial charge < -0.3 is 9.84 Å². The first-order valence-corrected chi connectivity index (χ1v) is 6.29. The van der Waals surface area contributed by atoms with Crippen LogP contribution in [0, 0.1) is 11.8 Å². The molecule has 0 aliphatic heterocycles. The zero-order valence-corrected chi connectivity index (χ0v) is 10.7. The number of aromatic nitrogens is 2. The van der Waals surface area contributed by atoms with Crippen LogP contribution in [0.25, 0.3) is 0 Å². The number of ether oxygens (including phenoxy) is 1. The van der Waals surface area contributed by atoms with E-state index in [2.05, 4.69) is 23.8 Å². The molecule has 0 saturated heterocycles. The summed E-state index contributed by atoms with van der Waals surface area (Å²) in [6, 6.07) is 1.53. The molecule has 0 aromatic carbocycles. The number of carboxylic acid groups (broad SMARTS) is 1. The molecule has 5 nitrogen and oxygen atoms in total. The second kappa shape index (κ2) is 5.33. The first-order chi connectivity index (χ1) is 8.56. The number of carbonyl (C=O) groups is 1. The van der Waals surface area contributed by atoms with Gasteiger partial charge >= 0.3 is 12.0 Å². The SMILES string of the molecule is CC1CCC(Oc2nccc(C(=O)O)n2)CC1C. The molecule has 0 bridgehead atoms. The fourth-order valence-corrected chi connectivity index (χ4v) is 2.27. The van der Waals surface area contributed by atoms with Crippen molar-refractivity contribution in [3.05, 3.63) is 18.0 Å². The van der Waals surface area contributed by atoms with Gasteiger partial charge in [-0.2, -0.15) is 4.98 Å². The van der Waals surface area contributed by atoms with E-state index in [4.69, 9.17) is 9.84 Å². The van der Waals surface area contributed by atoms with E-state index in [-0.39, 0.29) is 17.8 Å². The second-order valence-electron chi connectivity index (χ2n) is 5.04. The summed E-state index contributed by atoms with van der Waals surface area (Å²) in [7, 11) is 0. The Morgan fingerprint density at radius 1 is 1.39 bits per heavy atom. The minimum Gasteiger partial charge on any atom is -0.477 e. The molecule has 1 fully saturated rings. The summed E-state index contributed by atoms with van der Waals surface area (Å²) in [5, 5.41) is 8.85. The van der Waals surface area contributed by atoms with Crippen LogP contribution in [-0.2, 0) is 0 Å². The first-order valence-electron chi connectivity index (χ1n) is 6.29. The van der Waals surface area contributed by atoms with Crippen molar-refractivity contribution in [3.63, 3.8) is 0 Å². The topological polar surface area (TPSA) is 72.3 Å². The molecule has 2 rings (SSSR count). The maximum atomic E-state index is 10.8. The maximum absolute atomic E-state index is 10.8. The molecule has 1 heterocycles. The van der Waals surface area contributed by atoms with Crippen LogP contribution in [-0.4, -0.2) is 27.1 Å². The van der Waals surface area contributed by atoms with Gasteiger partial charge in [0.2, 0.25) is 0 Å². The van der Waals surface area contributed by atoms with Crippen LogP contribution in [0.15, 0.2) is 12.3 Å². The van der Waals surface area contributed by atoms with Crippen LogP contribution in [0.3, 0.4) is 0 Å². The third kappa shape index (κ3) is 2.97. The van der Waals surface area contributed by atoms with Crippen molar-refractivity contribution in [1.29, 1.82) is 0 Å². The highest BCUT2D eigenvalue weighted by molar-refractivity contribution is 5.85. The molecule has 98 valence electrons. The van der Waals surface area contributed by atoms with Crippen LogP contribution in [0.2, 0.25) is 0 Å². The molecule has 1 aromatic heterocycles. The Hall–Kier alpha value is -1.65. The van der Waals surface area contributed by atoms with Gasteiger partial charge in [0.05, 0.1) is 0 Å². The summed E-state index contributed by atoms with van der Waals surface area (Å²) in [5.41, 5.74) is -0.0303. The predicted octanol–water partition coefficient (Wildman–Crippen LogP) is 2.38. The Morgan fingerprint density at radius 2 is 2.17 bits per heavy atom. The highest BCUT2D eigenvalue weighted by Gasteiger charge is 2.26. The van der Waals surface area contributed by atoms with E-state index in [0.717, 1.165) is 25.2 Å². The maximum Gasteiger partial charge on any atom is 0.354 e. The molecule has 0 radical (unpaired) electrons. The van der Waals surface area contributed by atoms with E-state index in [0.29, 0.717) is 5.92 Å². The van der Waals surface area contributed by atoms with Crippen molar-refractivity contribution >= 4 is 5.97 Å². The van der Waals surface area contributed by atoms with E-state index in [9.17, 15) is 4.79 Å². The summed E-state index contributed by atoms with van der Waals surface area (Å²) in [4.78, 5) is 18.6. The zero-order chi connectivity index (χ0) is 13.1. The summed E-state index contributed by atoms with van der Waals surface area (Å²) >= 11 is 0. The Kier molecular flexibility index (Phi) is 3.79. The smallest absolute Gasteiger partial charge is 0.354 e. The molecule has 18 heavy (non-hydrogen) atoms. The number of hydrogen-bond donors (Lipinski definition) is 1. The molecule has 1 aromatic rings. The lowest BCUT2D eigenvalue weighted by Gasteiger charge is -2.31. The van der Waals surface area contributed by atoms with Crippen molar-refractivity contribution in [3.8, 4) is 6.01 Å². The van der Waals surface area contributed by atoms with Crippen LogP contribution >= 0.6 is 0 Å². The van der Waals surface area contributed by atoms with Gasteiger partial charge in [-0.1, -0.05) is 13.8 Å². The average molecular weight is 250 g/mol. The Bertz CT molecular complexity index is 436. The lowest BCUT2D eigenvalue weighted by molar-refractivity contribution is 0.0680. The highest BCUT2D eigenvalue weighted by Crippen LogP contribution is 2.31. The predicted molar refractivity (Wildman–Crippen MR) is 65.6 cm³/mol. The fourth-order valence-electron chi connectivity index (χ4n) is 2.27. The molecule has 3 unspecified atom stereocenters. The Balaban J connectivity index is 2.01. The monoisotopic (exact) mass is 250 g/mol. The van der Waals surface area contributed by atoms with Crippen molar-refractivity contribution in [2.45, 2.75) is 39.2 Å². The van der Waals surface area contributed by atoms with Gasteiger partial charge in [-0.25, -0.2) is 9.78 Å². The van der Waals surface area contributed by atoms with Gasteiger partial charge in [-0.05, 0) is 37.2 Å². The van der Waals surface area contributed by atoms with E-state index in [1.807, 2.05) is 0 Å². The number of carboxylic acids is 1. The third-order valence-electron chi connectivity index (χ3n) is 3.67. The van der Waals surface area contributed by atoms with Crippen molar-refractivity contribution in [1.82, 2.24) is 9.97 Å². The number of rotatable bonds is 3. The number of nitrogens with zero attached hydrogens (tertiary/aromatic N) is 2. The van der Waals surface area contributed by atoms with E-state index in [1.54, 1.807) is 0 Å². The highest BCUT2D eigenvalue weighted by atomic mass is 16.5. The third-order valence-corrected chi connectivity index (χ3v) is 3.67. The molecule has 1 N–H and O–H groups in total. The summed E-state index contributed by atoms with van der Waals surface area (Å²) in [6.45, 7) is 4.47. The lowest BCUT2D eigenvalue weighted by Crippen LogP contribution is -2.29. The lowest BCUT2D eigenvalue weighted by atomic mass is 9.80. The van der Waals surface area contributed by atoms with Crippen molar-refractivity contribution < 1.29 is 14.6 Å². The average Bonchev–Trinajstić information content (AvgIpc) is 2.34. The fraction of sp³-hybridized carbons (Fsp3) is 0.615. The van der Waals surface area contributed by atoms with Crippen LogP contribution in [0.1, 0.15) is 43.6 Å². The van der Waals surface area contributed by atoms with Gasteiger partial charge in [0.1, 0.15) is 6.10 Å². The van der Waals surface area contributed by atoms with Gasteiger partial charge in [-0.15, -0.1) is 0 Å². The molecule has 1 aliphatic carbocycles. The van der Waals surface area contributed by atoms with E-state index >= 15 is 0 Å². The van der Waals surface area contributed by atoms with E-state index < -0.39 is 5.97 Å². The van der Waals surface area contributed by atoms with E-state index in [1.165, 1.54) is 12.3 Å². The van der Waals surface area contributed by atoms with Gasteiger partial charge in [0.25, 0.3) is 0 Å².